The number of carbonyl (C=O) groups excluding carboxylic acids is 3. The van der Waals surface area contributed by atoms with Gasteiger partial charge in [-0.3, -0.25) is 4.79 Å². The maximum Gasteiger partial charge on any atom is 0.407 e. The summed E-state index contributed by atoms with van der Waals surface area (Å²) >= 11 is 0. The van der Waals surface area contributed by atoms with Gasteiger partial charge in [0.25, 0.3) is 0 Å². The first-order valence-corrected chi connectivity index (χ1v) is 11.0. The van der Waals surface area contributed by atoms with Crippen LogP contribution < -0.4 is 21.3 Å². The molecule has 8 nitrogen and oxygen atoms in total. The SMILES string of the molecule is C[C@@H]1NC(=O)NC1CCCCCC(=O)NCCCCCCNC(=O)OC(C)(C)C. The molecule has 1 rings (SSSR count). The molecule has 168 valence electrons. The number of ether oxygens (including phenoxy) is 1. The van der Waals surface area contributed by atoms with E-state index in [0.717, 1.165) is 51.4 Å². The molecule has 1 unspecified atom stereocenters. The van der Waals surface area contributed by atoms with Crippen LogP contribution in [0.5, 0.6) is 0 Å². The average molecular weight is 413 g/mol. The van der Waals surface area contributed by atoms with Gasteiger partial charge in [-0.25, -0.2) is 9.59 Å². The van der Waals surface area contributed by atoms with Crippen molar-refractivity contribution in [2.75, 3.05) is 13.1 Å². The second-order valence-corrected chi connectivity index (χ2v) is 8.81. The molecular formula is C21H40N4O4. The van der Waals surface area contributed by atoms with Crippen LogP contribution >= 0.6 is 0 Å². The Hall–Kier alpha value is -1.99. The Kier molecular flexibility index (Phi) is 11.5. The number of amides is 4. The number of nitrogens with one attached hydrogen (secondary N) is 4. The van der Waals surface area contributed by atoms with E-state index in [0.29, 0.717) is 19.5 Å². The molecule has 29 heavy (non-hydrogen) atoms. The molecule has 0 aromatic rings. The van der Waals surface area contributed by atoms with E-state index in [2.05, 4.69) is 21.3 Å². The summed E-state index contributed by atoms with van der Waals surface area (Å²) < 4.78 is 5.17. The number of alkyl carbamates (subject to hydrolysis) is 1. The molecule has 1 aliphatic rings. The van der Waals surface area contributed by atoms with E-state index in [9.17, 15) is 14.4 Å². The Morgan fingerprint density at radius 2 is 1.55 bits per heavy atom. The van der Waals surface area contributed by atoms with Gasteiger partial charge in [-0.2, -0.15) is 0 Å². The van der Waals surface area contributed by atoms with Gasteiger partial charge in [0.05, 0.1) is 6.04 Å². The Morgan fingerprint density at radius 3 is 2.14 bits per heavy atom. The molecule has 1 heterocycles. The molecule has 0 aromatic carbocycles. The fourth-order valence-corrected chi connectivity index (χ4v) is 3.22. The van der Waals surface area contributed by atoms with Gasteiger partial charge >= 0.3 is 12.1 Å². The van der Waals surface area contributed by atoms with Crippen LogP contribution in [0, 0.1) is 0 Å². The fourth-order valence-electron chi connectivity index (χ4n) is 3.22. The highest BCUT2D eigenvalue weighted by Crippen LogP contribution is 2.11. The summed E-state index contributed by atoms with van der Waals surface area (Å²) in [6.45, 7) is 8.85. The topological polar surface area (TPSA) is 109 Å². The monoisotopic (exact) mass is 412 g/mol. The first-order valence-electron chi connectivity index (χ1n) is 11.0. The fraction of sp³-hybridized carbons (Fsp3) is 0.857. The van der Waals surface area contributed by atoms with Gasteiger partial charge in [-0.1, -0.05) is 25.7 Å². The maximum atomic E-state index is 11.8. The standard InChI is InChI=1S/C21H40N4O4/c1-16-17(25-19(27)24-16)12-8-7-9-13-18(26)22-14-10-5-6-11-15-23-20(28)29-21(2,3)4/h16-17H,5-15H2,1-4H3,(H,22,26)(H,23,28)(H2,24,25,27)/t16-,17?/m0/s1. The van der Waals surface area contributed by atoms with Crippen molar-refractivity contribution in [3.05, 3.63) is 0 Å². The third-order valence-corrected chi connectivity index (χ3v) is 4.79. The number of unbranched alkanes of at least 4 members (excludes halogenated alkanes) is 5. The number of urea groups is 1. The molecule has 0 aromatic heterocycles. The molecule has 4 amide bonds. The van der Waals surface area contributed by atoms with E-state index < -0.39 is 5.60 Å². The van der Waals surface area contributed by atoms with Crippen molar-refractivity contribution in [1.29, 1.82) is 0 Å². The minimum absolute atomic E-state index is 0.0822. The highest BCUT2D eigenvalue weighted by Gasteiger charge is 2.26. The van der Waals surface area contributed by atoms with Gasteiger partial charge in [0.15, 0.2) is 0 Å². The third-order valence-electron chi connectivity index (χ3n) is 4.79. The molecule has 0 spiro atoms. The molecule has 1 saturated heterocycles. The first kappa shape index (κ1) is 25.0. The maximum absolute atomic E-state index is 11.8. The largest absolute Gasteiger partial charge is 0.444 e. The van der Waals surface area contributed by atoms with Crippen molar-refractivity contribution < 1.29 is 19.1 Å². The molecule has 0 aliphatic carbocycles. The number of carbonyl (C=O) groups is 3. The minimum Gasteiger partial charge on any atom is -0.444 e. The molecule has 0 saturated carbocycles. The van der Waals surface area contributed by atoms with Gasteiger partial charge in [-0.05, 0) is 53.4 Å². The van der Waals surface area contributed by atoms with Crippen LogP contribution in [0.3, 0.4) is 0 Å². The lowest BCUT2D eigenvalue weighted by atomic mass is 10.0. The Balaban J connectivity index is 1.87. The zero-order valence-corrected chi connectivity index (χ0v) is 18.6. The van der Waals surface area contributed by atoms with Gasteiger partial charge in [-0.15, -0.1) is 0 Å². The molecule has 0 radical (unpaired) electrons. The van der Waals surface area contributed by atoms with Crippen molar-refractivity contribution >= 4 is 18.0 Å². The molecule has 1 fully saturated rings. The lowest BCUT2D eigenvalue weighted by Crippen LogP contribution is -2.33. The van der Waals surface area contributed by atoms with Crippen LogP contribution in [0.25, 0.3) is 0 Å². The second-order valence-electron chi connectivity index (χ2n) is 8.81. The van der Waals surface area contributed by atoms with Gasteiger partial charge in [0.1, 0.15) is 5.60 Å². The van der Waals surface area contributed by atoms with Crippen LogP contribution in [0.1, 0.15) is 85.5 Å². The Bertz CT molecular complexity index is 519. The van der Waals surface area contributed by atoms with Crippen molar-refractivity contribution in [1.82, 2.24) is 21.3 Å². The zero-order valence-electron chi connectivity index (χ0n) is 18.6. The minimum atomic E-state index is -0.466. The van der Waals surface area contributed by atoms with E-state index in [4.69, 9.17) is 4.74 Å². The van der Waals surface area contributed by atoms with E-state index >= 15 is 0 Å². The quantitative estimate of drug-likeness (QED) is 0.348. The number of hydrogen-bond donors (Lipinski definition) is 4. The molecule has 4 N–H and O–H groups in total. The Morgan fingerprint density at radius 1 is 0.931 bits per heavy atom. The lowest BCUT2D eigenvalue weighted by Gasteiger charge is -2.19. The van der Waals surface area contributed by atoms with Crippen LogP contribution in [0.2, 0.25) is 0 Å². The van der Waals surface area contributed by atoms with E-state index in [1.54, 1.807) is 0 Å². The third kappa shape index (κ3) is 13.0. The summed E-state index contributed by atoms with van der Waals surface area (Å²) in [6, 6.07) is 0.302. The summed E-state index contributed by atoms with van der Waals surface area (Å²) in [5.41, 5.74) is -0.466. The van der Waals surface area contributed by atoms with Crippen LogP contribution in [-0.4, -0.2) is 48.8 Å². The summed E-state index contributed by atoms with van der Waals surface area (Å²) in [4.78, 5) is 34.5. The first-order chi connectivity index (χ1) is 13.7. The summed E-state index contributed by atoms with van der Waals surface area (Å²) in [7, 11) is 0. The molecular weight excluding hydrogens is 372 g/mol. The van der Waals surface area contributed by atoms with Crippen molar-refractivity contribution in [3.63, 3.8) is 0 Å². The zero-order chi connectivity index (χ0) is 21.7. The highest BCUT2D eigenvalue weighted by molar-refractivity contribution is 5.77. The normalized spacial score (nSPS) is 18.7. The summed E-state index contributed by atoms with van der Waals surface area (Å²) in [5, 5.41) is 11.5. The van der Waals surface area contributed by atoms with Crippen molar-refractivity contribution in [2.45, 2.75) is 103 Å². The predicted molar refractivity (Wildman–Crippen MR) is 114 cm³/mol. The predicted octanol–water partition coefficient (Wildman–Crippen LogP) is 3.21. The molecule has 2 atom stereocenters. The molecule has 1 aliphatic heterocycles. The van der Waals surface area contributed by atoms with E-state index in [1.165, 1.54) is 0 Å². The van der Waals surface area contributed by atoms with Crippen LogP contribution in [0.15, 0.2) is 0 Å². The Labute approximate surface area is 175 Å². The van der Waals surface area contributed by atoms with Crippen LogP contribution in [0.4, 0.5) is 9.59 Å². The molecule has 0 bridgehead atoms. The van der Waals surface area contributed by atoms with Gasteiger partial charge in [0, 0.05) is 25.6 Å². The van der Waals surface area contributed by atoms with Crippen LogP contribution in [-0.2, 0) is 9.53 Å². The van der Waals surface area contributed by atoms with E-state index in [1.807, 2.05) is 27.7 Å². The smallest absolute Gasteiger partial charge is 0.407 e. The second kappa shape index (κ2) is 13.3. The number of hydrogen-bond acceptors (Lipinski definition) is 4. The van der Waals surface area contributed by atoms with Gasteiger partial charge in [0.2, 0.25) is 5.91 Å². The molecule has 8 heteroatoms. The van der Waals surface area contributed by atoms with Crippen molar-refractivity contribution in [2.24, 2.45) is 0 Å². The van der Waals surface area contributed by atoms with Gasteiger partial charge < -0.3 is 26.0 Å². The lowest BCUT2D eigenvalue weighted by molar-refractivity contribution is -0.121. The summed E-state index contributed by atoms with van der Waals surface area (Å²) in [5.74, 6) is 0.112. The highest BCUT2D eigenvalue weighted by atomic mass is 16.6. The average Bonchev–Trinajstić information content (AvgIpc) is 2.92. The van der Waals surface area contributed by atoms with E-state index in [-0.39, 0.29) is 30.1 Å². The number of rotatable bonds is 13. The van der Waals surface area contributed by atoms with Crippen molar-refractivity contribution in [3.8, 4) is 0 Å². The summed E-state index contributed by atoms with van der Waals surface area (Å²) in [6.07, 6.45) is 7.92.